The molecule has 1 aromatic rings. The maximum absolute atomic E-state index is 10.2. The van der Waals surface area contributed by atoms with Gasteiger partial charge in [-0.3, -0.25) is 4.79 Å². The summed E-state index contributed by atoms with van der Waals surface area (Å²) in [6.07, 6.45) is 5.76. The minimum Gasteiger partial charge on any atom is -0.471 e. The molecule has 0 spiro atoms. The van der Waals surface area contributed by atoms with E-state index in [1.165, 1.54) is 11.3 Å². The minimum absolute atomic E-state index is 0.249. The predicted molar refractivity (Wildman–Crippen MR) is 44.0 cm³/mol. The minimum atomic E-state index is 0.249. The van der Waals surface area contributed by atoms with Crippen molar-refractivity contribution in [2.45, 2.75) is 0 Å². The van der Waals surface area contributed by atoms with E-state index in [2.05, 4.69) is 5.92 Å². The summed E-state index contributed by atoms with van der Waals surface area (Å²) in [5, 5.41) is 0.685. The molecule has 0 unspecified atom stereocenters. The summed E-state index contributed by atoms with van der Waals surface area (Å²) < 4.78 is 5.06. The average molecular weight is 166 g/mol. The van der Waals surface area contributed by atoms with Crippen molar-refractivity contribution in [2.24, 2.45) is 0 Å². The van der Waals surface area contributed by atoms with Gasteiger partial charge in [0.05, 0.1) is 4.88 Å². The first-order valence-electron chi connectivity index (χ1n) is 2.98. The number of carbonyl (C=O) groups excluding carboxylic acids is 1. The van der Waals surface area contributed by atoms with Crippen LogP contribution >= 0.6 is 11.3 Å². The Bertz CT molecular complexity index is 283. The monoisotopic (exact) mass is 166 g/mol. The smallest absolute Gasteiger partial charge is 0.175 e. The molecule has 0 saturated carbocycles. The normalized spacial score (nSPS) is 8.64. The van der Waals surface area contributed by atoms with Crippen LogP contribution < -0.4 is 4.74 Å². The lowest BCUT2D eigenvalue weighted by Gasteiger charge is -1.93. The summed E-state index contributed by atoms with van der Waals surface area (Å²) in [5.74, 6) is 2.34. The Hall–Kier alpha value is -1.27. The molecule has 0 radical (unpaired) electrons. The topological polar surface area (TPSA) is 26.3 Å². The molecule has 0 N–H and O–H groups in total. The van der Waals surface area contributed by atoms with E-state index in [1.807, 2.05) is 0 Å². The number of hydrogen-bond acceptors (Lipinski definition) is 3. The molecule has 0 aliphatic rings. The summed E-state index contributed by atoms with van der Waals surface area (Å²) >= 11 is 1.29. The molecule has 0 bridgehead atoms. The number of aldehydes is 1. The van der Waals surface area contributed by atoms with Gasteiger partial charge in [0.15, 0.2) is 11.3 Å². The average Bonchev–Trinajstić information content (AvgIpc) is 2.48. The first-order chi connectivity index (χ1) is 5.36. The molecule has 0 fully saturated rings. The van der Waals surface area contributed by atoms with Gasteiger partial charge in [0, 0.05) is 0 Å². The first-order valence-corrected chi connectivity index (χ1v) is 3.79. The molecule has 3 heteroatoms. The zero-order chi connectivity index (χ0) is 8.10. The van der Waals surface area contributed by atoms with Crippen molar-refractivity contribution in [2.75, 3.05) is 6.61 Å². The van der Waals surface area contributed by atoms with Crippen LogP contribution in [0.2, 0.25) is 0 Å². The van der Waals surface area contributed by atoms with Crippen LogP contribution in [0.4, 0.5) is 0 Å². The number of ether oxygens (including phenoxy) is 1. The van der Waals surface area contributed by atoms with Gasteiger partial charge in [0.1, 0.15) is 6.61 Å². The maximum Gasteiger partial charge on any atom is 0.175 e. The summed E-state index contributed by atoms with van der Waals surface area (Å²) in [6, 6.07) is 3.43. The van der Waals surface area contributed by atoms with Crippen molar-refractivity contribution < 1.29 is 9.53 Å². The highest BCUT2D eigenvalue weighted by atomic mass is 32.1. The van der Waals surface area contributed by atoms with Crippen molar-refractivity contribution in [3.63, 3.8) is 0 Å². The fraction of sp³-hybridized carbons (Fsp3) is 0.125. The second-order valence-corrected chi connectivity index (χ2v) is 2.85. The van der Waals surface area contributed by atoms with Gasteiger partial charge >= 0.3 is 0 Å². The van der Waals surface area contributed by atoms with Crippen molar-refractivity contribution in [3.8, 4) is 17.4 Å². The van der Waals surface area contributed by atoms with Gasteiger partial charge in [0.25, 0.3) is 0 Å². The molecule has 1 heterocycles. The van der Waals surface area contributed by atoms with E-state index < -0.39 is 0 Å². The van der Waals surface area contributed by atoms with E-state index in [1.54, 1.807) is 12.1 Å². The van der Waals surface area contributed by atoms with Gasteiger partial charge in [0.2, 0.25) is 0 Å². The van der Waals surface area contributed by atoms with Gasteiger partial charge in [-0.1, -0.05) is 17.3 Å². The van der Waals surface area contributed by atoms with E-state index in [0.717, 1.165) is 6.29 Å². The maximum atomic E-state index is 10.2. The van der Waals surface area contributed by atoms with Crippen LogP contribution in [-0.4, -0.2) is 12.9 Å². The highest BCUT2D eigenvalue weighted by Crippen LogP contribution is 2.22. The number of terminal acetylenes is 1. The predicted octanol–water partition coefficient (Wildman–Crippen LogP) is 1.57. The molecule has 0 amide bonds. The van der Waals surface area contributed by atoms with Crippen LogP contribution in [0, 0.1) is 12.3 Å². The summed E-state index contributed by atoms with van der Waals surface area (Å²) in [6.45, 7) is 0.249. The molecule has 0 saturated heterocycles. The lowest BCUT2D eigenvalue weighted by atomic mass is 10.5. The molecule has 0 aromatic carbocycles. The van der Waals surface area contributed by atoms with Crippen LogP contribution in [-0.2, 0) is 0 Å². The van der Waals surface area contributed by atoms with Crippen molar-refractivity contribution >= 4 is 17.6 Å². The molecule has 11 heavy (non-hydrogen) atoms. The highest BCUT2D eigenvalue weighted by molar-refractivity contribution is 7.15. The number of hydrogen-bond donors (Lipinski definition) is 0. The molecule has 1 rings (SSSR count). The van der Waals surface area contributed by atoms with Crippen LogP contribution in [0.5, 0.6) is 5.06 Å². The number of carbonyl (C=O) groups is 1. The summed E-state index contributed by atoms with van der Waals surface area (Å²) in [7, 11) is 0. The van der Waals surface area contributed by atoms with Crippen LogP contribution in [0.3, 0.4) is 0 Å². The molecular weight excluding hydrogens is 160 g/mol. The molecular formula is C8H6O2S. The third-order valence-electron chi connectivity index (χ3n) is 1.02. The van der Waals surface area contributed by atoms with Crippen LogP contribution in [0.1, 0.15) is 9.67 Å². The van der Waals surface area contributed by atoms with Gasteiger partial charge in [-0.2, -0.15) is 0 Å². The lowest BCUT2D eigenvalue weighted by Crippen LogP contribution is -1.89. The van der Waals surface area contributed by atoms with E-state index in [4.69, 9.17) is 11.2 Å². The fourth-order valence-electron chi connectivity index (χ4n) is 0.588. The fourth-order valence-corrected chi connectivity index (χ4v) is 1.26. The van der Waals surface area contributed by atoms with Gasteiger partial charge in [-0.05, 0) is 12.1 Å². The Morgan fingerprint density at radius 2 is 2.55 bits per heavy atom. The zero-order valence-electron chi connectivity index (χ0n) is 5.74. The van der Waals surface area contributed by atoms with E-state index >= 15 is 0 Å². The molecule has 56 valence electrons. The number of thiophene rings is 1. The molecule has 2 nitrogen and oxygen atoms in total. The van der Waals surface area contributed by atoms with Crippen molar-refractivity contribution in [1.29, 1.82) is 0 Å². The molecule has 0 aliphatic carbocycles. The number of rotatable bonds is 3. The van der Waals surface area contributed by atoms with Gasteiger partial charge in [-0.25, -0.2) is 0 Å². The van der Waals surface area contributed by atoms with Crippen molar-refractivity contribution in [3.05, 3.63) is 17.0 Å². The Balaban J connectivity index is 2.59. The van der Waals surface area contributed by atoms with Gasteiger partial charge < -0.3 is 4.74 Å². The third-order valence-corrected chi connectivity index (χ3v) is 1.94. The largest absolute Gasteiger partial charge is 0.471 e. The second-order valence-electron chi connectivity index (χ2n) is 1.77. The summed E-state index contributed by atoms with van der Waals surface area (Å²) in [4.78, 5) is 10.9. The van der Waals surface area contributed by atoms with Crippen LogP contribution in [0.15, 0.2) is 12.1 Å². The molecule has 1 aromatic heterocycles. The molecule has 0 atom stereocenters. The standard InChI is InChI=1S/C8H6O2S/c1-2-5-10-8-4-3-7(6-9)11-8/h1,3-4,6H,5H2. The molecule has 0 aliphatic heterocycles. The Kier molecular flexibility index (Phi) is 2.70. The quantitative estimate of drug-likeness (QED) is 0.503. The van der Waals surface area contributed by atoms with Crippen LogP contribution in [0.25, 0.3) is 0 Å². The SMILES string of the molecule is C#CCOc1ccc(C=O)s1. The second kappa shape index (κ2) is 3.79. The third kappa shape index (κ3) is 2.10. The van der Waals surface area contributed by atoms with E-state index in [-0.39, 0.29) is 6.61 Å². The Morgan fingerprint density at radius 1 is 1.73 bits per heavy atom. The van der Waals surface area contributed by atoms with E-state index in [9.17, 15) is 4.79 Å². The lowest BCUT2D eigenvalue weighted by molar-refractivity contribution is 0.112. The van der Waals surface area contributed by atoms with Crippen molar-refractivity contribution in [1.82, 2.24) is 0 Å². The Morgan fingerprint density at radius 3 is 3.09 bits per heavy atom. The Labute approximate surface area is 68.8 Å². The first kappa shape index (κ1) is 7.83. The summed E-state index contributed by atoms with van der Waals surface area (Å²) in [5.41, 5.74) is 0. The highest BCUT2D eigenvalue weighted by Gasteiger charge is 1.97. The van der Waals surface area contributed by atoms with Gasteiger partial charge in [-0.15, -0.1) is 6.42 Å². The zero-order valence-corrected chi connectivity index (χ0v) is 6.56. The van der Waals surface area contributed by atoms with E-state index in [0.29, 0.717) is 9.94 Å².